The number of carbonyl (C=O) groups excluding carboxylic acids is 1. The van der Waals surface area contributed by atoms with E-state index in [1.165, 1.54) is 11.1 Å². The predicted molar refractivity (Wildman–Crippen MR) is 134 cm³/mol. The molecule has 1 saturated heterocycles. The summed E-state index contributed by atoms with van der Waals surface area (Å²) in [5, 5.41) is 3.94. The van der Waals surface area contributed by atoms with Crippen LogP contribution in [0.4, 0.5) is 0 Å². The standard InChI is InChI=1S/C26H30N4O2S/c1-6-32-23(31)15-29-25(24(28-26(29)33)21-11-7-8-13-27-21)20-14-17(3)30(19(20)5)22-12-9-10-16(2)18(22)4/h7-14,24-25H,6,15H2,1-5H3,(H,28,33)/t24-,25-/m0/s1. The van der Waals surface area contributed by atoms with Gasteiger partial charge in [-0.3, -0.25) is 9.78 Å². The zero-order valence-electron chi connectivity index (χ0n) is 19.8. The van der Waals surface area contributed by atoms with Crippen LogP contribution in [0.15, 0.2) is 48.7 Å². The smallest absolute Gasteiger partial charge is 0.325 e. The third kappa shape index (κ3) is 4.25. The molecule has 0 saturated carbocycles. The van der Waals surface area contributed by atoms with Gasteiger partial charge in [-0.15, -0.1) is 0 Å². The Morgan fingerprint density at radius 1 is 1.15 bits per heavy atom. The third-order valence-electron chi connectivity index (χ3n) is 6.41. The molecule has 0 bridgehead atoms. The second kappa shape index (κ2) is 9.35. The van der Waals surface area contributed by atoms with Crippen LogP contribution in [0, 0.1) is 27.7 Å². The number of hydrogen-bond donors (Lipinski definition) is 1. The minimum Gasteiger partial charge on any atom is -0.465 e. The van der Waals surface area contributed by atoms with Gasteiger partial charge in [0.15, 0.2) is 5.11 Å². The van der Waals surface area contributed by atoms with Crippen LogP contribution in [0.1, 0.15) is 52.8 Å². The van der Waals surface area contributed by atoms with E-state index in [1.54, 1.807) is 6.20 Å². The maximum atomic E-state index is 12.5. The molecule has 0 spiro atoms. The van der Waals surface area contributed by atoms with Crippen molar-refractivity contribution < 1.29 is 9.53 Å². The first-order chi connectivity index (χ1) is 15.8. The van der Waals surface area contributed by atoms with Crippen molar-refractivity contribution in [3.63, 3.8) is 0 Å². The van der Waals surface area contributed by atoms with Crippen LogP contribution in [0.25, 0.3) is 5.69 Å². The lowest BCUT2D eigenvalue weighted by molar-refractivity contribution is -0.143. The number of aromatic nitrogens is 2. The number of esters is 1. The van der Waals surface area contributed by atoms with Crippen LogP contribution in [0.3, 0.4) is 0 Å². The van der Waals surface area contributed by atoms with Crippen molar-refractivity contribution in [2.24, 2.45) is 0 Å². The van der Waals surface area contributed by atoms with Gasteiger partial charge in [0.2, 0.25) is 0 Å². The van der Waals surface area contributed by atoms with Crippen LogP contribution in [0.5, 0.6) is 0 Å². The number of thiocarbonyl (C=S) groups is 1. The molecule has 0 unspecified atom stereocenters. The SMILES string of the molecule is CCOC(=O)CN1C(=S)N[C@@H](c2ccccn2)[C@@H]1c1cc(C)n(-c2cccc(C)c2C)c1C. The quantitative estimate of drug-likeness (QED) is 0.425. The summed E-state index contributed by atoms with van der Waals surface area (Å²) in [6, 6.07) is 14.1. The fourth-order valence-electron chi connectivity index (χ4n) is 4.70. The van der Waals surface area contributed by atoms with E-state index in [4.69, 9.17) is 17.0 Å². The van der Waals surface area contributed by atoms with Gasteiger partial charge < -0.3 is 19.5 Å². The first-order valence-electron chi connectivity index (χ1n) is 11.2. The van der Waals surface area contributed by atoms with Gasteiger partial charge in [0.25, 0.3) is 0 Å². The number of nitrogens with zero attached hydrogens (tertiary/aromatic N) is 3. The molecule has 1 fully saturated rings. The van der Waals surface area contributed by atoms with Gasteiger partial charge in [0, 0.05) is 23.3 Å². The number of rotatable bonds is 6. The molecule has 6 nitrogen and oxygen atoms in total. The second-order valence-corrected chi connectivity index (χ2v) is 8.83. The van der Waals surface area contributed by atoms with E-state index in [1.807, 2.05) is 30.0 Å². The fourth-order valence-corrected chi connectivity index (χ4v) is 5.00. The molecule has 7 heteroatoms. The molecule has 1 aromatic carbocycles. The van der Waals surface area contributed by atoms with Crippen LogP contribution in [-0.2, 0) is 9.53 Å². The Hall–Kier alpha value is -3.19. The predicted octanol–water partition coefficient (Wildman–Crippen LogP) is 4.64. The van der Waals surface area contributed by atoms with Crippen LogP contribution in [-0.4, -0.2) is 38.7 Å². The summed E-state index contributed by atoms with van der Waals surface area (Å²) in [5.74, 6) is -0.295. The first-order valence-corrected chi connectivity index (χ1v) is 11.6. The van der Waals surface area contributed by atoms with E-state index in [-0.39, 0.29) is 24.6 Å². The topological polar surface area (TPSA) is 59.4 Å². The maximum Gasteiger partial charge on any atom is 0.325 e. The molecule has 4 rings (SSSR count). The first kappa shape index (κ1) is 23.0. The number of nitrogens with one attached hydrogen (secondary N) is 1. The molecule has 3 aromatic rings. The van der Waals surface area contributed by atoms with E-state index in [0.717, 1.165) is 28.3 Å². The van der Waals surface area contributed by atoms with Gasteiger partial charge >= 0.3 is 5.97 Å². The molecule has 0 radical (unpaired) electrons. The van der Waals surface area contributed by atoms with Crippen LogP contribution < -0.4 is 5.32 Å². The third-order valence-corrected chi connectivity index (χ3v) is 6.76. The lowest BCUT2D eigenvalue weighted by atomic mass is 9.96. The minimum absolute atomic E-state index is 0.0841. The molecule has 3 heterocycles. The van der Waals surface area contributed by atoms with E-state index in [0.29, 0.717) is 11.7 Å². The van der Waals surface area contributed by atoms with Crippen molar-refractivity contribution in [3.8, 4) is 5.69 Å². The molecular weight excluding hydrogens is 432 g/mol. The zero-order chi connectivity index (χ0) is 23.7. The van der Waals surface area contributed by atoms with Crippen molar-refractivity contribution in [1.29, 1.82) is 0 Å². The largest absolute Gasteiger partial charge is 0.465 e. The summed E-state index contributed by atoms with van der Waals surface area (Å²) in [6.07, 6.45) is 1.78. The Morgan fingerprint density at radius 2 is 1.94 bits per heavy atom. The summed E-state index contributed by atoms with van der Waals surface area (Å²) in [4.78, 5) is 19.0. The average Bonchev–Trinajstić information content (AvgIpc) is 3.26. The van der Waals surface area contributed by atoms with Gasteiger partial charge in [-0.1, -0.05) is 18.2 Å². The number of pyridine rings is 1. The van der Waals surface area contributed by atoms with E-state index >= 15 is 0 Å². The molecule has 33 heavy (non-hydrogen) atoms. The molecule has 0 aliphatic carbocycles. The highest BCUT2D eigenvalue weighted by molar-refractivity contribution is 7.80. The fraction of sp³-hybridized carbons (Fsp3) is 0.346. The summed E-state index contributed by atoms with van der Waals surface area (Å²) in [5.41, 5.74) is 7.90. The maximum absolute atomic E-state index is 12.5. The lowest BCUT2D eigenvalue weighted by Crippen LogP contribution is -2.35. The van der Waals surface area contributed by atoms with E-state index < -0.39 is 0 Å². The Kier molecular flexibility index (Phi) is 6.51. The van der Waals surface area contributed by atoms with Gasteiger partial charge in [0.05, 0.1) is 24.4 Å². The summed E-state index contributed by atoms with van der Waals surface area (Å²) in [6.45, 7) is 10.8. The Bertz CT molecular complexity index is 1190. The highest BCUT2D eigenvalue weighted by Crippen LogP contribution is 2.41. The van der Waals surface area contributed by atoms with Crippen molar-refractivity contribution >= 4 is 23.3 Å². The second-order valence-electron chi connectivity index (χ2n) is 8.44. The Morgan fingerprint density at radius 3 is 2.64 bits per heavy atom. The van der Waals surface area contributed by atoms with Gasteiger partial charge in [-0.2, -0.15) is 0 Å². The molecule has 0 amide bonds. The number of aryl methyl sites for hydroxylation is 2. The molecule has 1 aliphatic rings. The molecule has 172 valence electrons. The normalized spacial score (nSPS) is 17.8. The van der Waals surface area contributed by atoms with Crippen molar-refractivity contribution in [1.82, 2.24) is 19.8 Å². The monoisotopic (exact) mass is 462 g/mol. The van der Waals surface area contributed by atoms with E-state index in [2.05, 4.69) is 66.8 Å². The van der Waals surface area contributed by atoms with Gasteiger partial charge in [-0.25, -0.2) is 0 Å². The van der Waals surface area contributed by atoms with E-state index in [9.17, 15) is 4.79 Å². The highest BCUT2D eigenvalue weighted by Gasteiger charge is 2.42. The number of benzene rings is 1. The van der Waals surface area contributed by atoms with Crippen molar-refractivity contribution in [2.45, 2.75) is 46.7 Å². The number of carbonyl (C=O) groups is 1. The summed E-state index contributed by atoms with van der Waals surface area (Å²) >= 11 is 5.68. The number of ether oxygens (including phenoxy) is 1. The number of hydrogen-bond acceptors (Lipinski definition) is 4. The molecule has 2 aromatic heterocycles. The van der Waals surface area contributed by atoms with Crippen LogP contribution >= 0.6 is 12.2 Å². The summed E-state index contributed by atoms with van der Waals surface area (Å²) < 4.78 is 7.53. The molecule has 2 atom stereocenters. The molecule has 1 N–H and O–H groups in total. The molecule has 1 aliphatic heterocycles. The minimum atomic E-state index is -0.295. The van der Waals surface area contributed by atoms with Gasteiger partial charge in [-0.05, 0) is 87.8 Å². The zero-order valence-corrected chi connectivity index (χ0v) is 20.6. The van der Waals surface area contributed by atoms with Crippen LogP contribution in [0.2, 0.25) is 0 Å². The highest BCUT2D eigenvalue weighted by atomic mass is 32.1. The average molecular weight is 463 g/mol. The molecular formula is C26H30N4O2S. The van der Waals surface area contributed by atoms with Crippen molar-refractivity contribution in [3.05, 3.63) is 82.4 Å². The van der Waals surface area contributed by atoms with Gasteiger partial charge in [0.1, 0.15) is 6.54 Å². The Labute approximate surface area is 200 Å². The lowest BCUT2D eigenvalue weighted by Gasteiger charge is -2.27. The summed E-state index contributed by atoms with van der Waals surface area (Å²) in [7, 11) is 0. The Balaban J connectivity index is 1.84. The van der Waals surface area contributed by atoms with Crippen molar-refractivity contribution in [2.75, 3.05) is 13.2 Å².